The van der Waals surface area contributed by atoms with Crippen molar-refractivity contribution in [2.45, 2.75) is 45.6 Å². The lowest BCUT2D eigenvalue weighted by molar-refractivity contribution is -0.126. The molecule has 0 saturated heterocycles. The molecule has 2 N–H and O–H groups in total. The van der Waals surface area contributed by atoms with Crippen LogP contribution in [0.2, 0.25) is 0 Å². The zero-order valence-electron chi connectivity index (χ0n) is 11.7. The van der Waals surface area contributed by atoms with Crippen LogP contribution in [0, 0.1) is 0 Å². The van der Waals surface area contributed by atoms with Crippen molar-refractivity contribution >= 4 is 5.91 Å². The third kappa shape index (κ3) is 3.57. The summed E-state index contributed by atoms with van der Waals surface area (Å²) in [7, 11) is 0. The Kier molecular flexibility index (Phi) is 4.91. The summed E-state index contributed by atoms with van der Waals surface area (Å²) in [6.45, 7) is 7.84. The molecule has 1 aromatic rings. The Morgan fingerprint density at radius 3 is 2.33 bits per heavy atom. The predicted molar refractivity (Wildman–Crippen MR) is 73.5 cm³/mol. The number of amides is 1. The Labute approximate surface area is 109 Å². The number of nitrogens with one attached hydrogen (secondary N) is 1. The van der Waals surface area contributed by atoms with Crippen molar-refractivity contribution < 1.29 is 9.90 Å². The number of hydrogen-bond donors (Lipinski definition) is 2. The molecule has 0 aromatic heterocycles. The van der Waals surface area contributed by atoms with Crippen molar-refractivity contribution in [3.8, 4) is 0 Å². The maximum absolute atomic E-state index is 12.1. The Balaban J connectivity index is 2.80. The molecule has 0 spiro atoms. The van der Waals surface area contributed by atoms with E-state index in [0.29, 0.717) is 0 Å². The van der Waals surface area contributed by atoms with E-state index in [-0.39, 0.29) is 12.5 Å². The van der Waals surface area contributed by atoms with Crippen molar-refractivity contribution in [3.63, 3.8) is 0 Å². The van der Waals surface area contributed by atoms with Crippen LogP contribution in [0.4, 0.5) is 0 Å². The van der Waals surface area contributed by atoms with E-state index >= 15 is 0 Å². The average Bonchev–Trinajstić information content (AvgIpc) is 2.35. The van der Waals surface area contributed by atoms with Crippen LogP contribution in [0.3, 0.4) is 0 Å². The second-order valence-electron chi connectivity index (χ2n) is 5.23. The van der Waals surface area contributed by atoms with Gasteiger partial charge in [-0.2, -0.15) is 0 Å². The van der Waals surface area contributed by atoms with Crippen molar-refractivity contribution in [1.29, 1.82) is 0 Å². The first-order valence-electron chi connectivity index (χ1n) is 6.43. The van der Waals surface area contributed by atoms with Gasteiger partial charge in [-0.25, -0.2) is 0 Å². The molecule has 100 valence electrons. The summed E-state index contributed by atoms with van der Waals surface area (Å²) in [4.78, 5) is 12.1. The van der Waals surface area contributed by atoms with Gasteiger partial charge in [-0.3, -0.25) is 4.79 Å². The zero-order valence-corrected chi connectivity index (χ0v) is 11.7. The minimum atomic E-state index is -0.582. The van der Waals surface area contributed by atoms with E-state index in [2.05, 4.69) is 24.4 Å². The average molecular weight is 249 g/mol. The molecule has 1 atom stereocenters. The first kappa shape index (κ1) is 14.7. The van der Waals surface area contributed by atoms with E-state index in [0.717, 1.165) is 12.0 Å². The molecule has 1 unspecified atom stereocenters. The van der Waals surface area contributed by atoms with Crippen molar-refractivity contribution in [2.24, 2.45) is 0 Å². The number of aliphatic hydroxyl groups excluding tert-OH is 1. The van der Waals surface area contributed by atoms with E-state index in [1.807, 2.05) is 26.0 Å². The zero-order chi connectivity index (χ0) is 13.8. The van der Waals surface area contributed by atoms with Gasteiger partial charge in [0.15, 0.2) is 0 Å². The number of hydrogen-bond acceptors (Lipinski definition) is 2. The Morgan fingerprint density at radius 2 is 1.89 bits per heavy atom. The molecule has 0 aliphatic rings. The maximum atomic E-state index is 12.1. The molecule has 3 nitrogen and oxygen atoms in total. The van der Waals surface area contributed by atoms with E-state index < -0.39 is 11.5 Å². The van der Waals surface area contributed by atoms with Gasteiger partial charge < -0.3 is 10.4 Å². The van der Waals surface area contributed by atoms with E-state index in [1.54, 1.807) is 6.92 Å². The third-order valence-electron chi connectivity index (χ3n) is 3.21. The summed E-state index contributed by atoms with van der Waals surface area (Å²) in [5.74, 6) is -0.0624. The summed E-state index contributed by atoms with van der Waals surface area (Å²) in [6, 6.07) is 8.11. The number of aliphatic hydroxyl groups is 1. The molecule has 1 aromatic carbocycles. The van der Waals surface area contributed by atoms with Crippen LogP contribution in [0.1, 0.15) is 38.8 Å². The molecule has 0 aliphatic heterocycles. The van der Waals surface area contributed by atoms with Gasteiger partial charge in [-0.15, -0.1) is 0 Å². The molecular formula is C15H23NO2. The maximum Gasteiger partial charge on any atom is 0.230 e. The molecule has 0 aliphatic carbocycles. The standard InChI is InChI=1S/C15H23NO2/c1-5-12-6-8-13(9-7-12)15(3,4)14(18)16-10-11(2)17/h6-9,11,17H,5,10H2,1-4H3,(H,16,18). The van der Waals surface area contributed by atoms with E-state index in [9.17, 15) is 9.90 Å². The summed E-state index contributed by atoms with van der Waals surface area (Å²) in [6.07, 6.45) is 0.474. The molecule has 1 rings (SSSR count). The highest BCUT2D eigenvalue weighted by atomic mass is 16.3. The largest absolute Gasteiger partial charge is 0.392 e. The summed E-state index contributed by atoms with van der Waals surface area (Å²) in [5, 5.41) is 12.0. The van der Waals surface area contributed by atoms with Gasteiger partial charge in [-0.1, -0.05) is 31.2 Å². The van der Waals surface area contributed by atoms with Crippen LogP contribution in [-0.4, -0.2) is 23.7 Å². The molecule has 0 radical (unpaired) electrons. The second kappa shape index (κ2) is 6.01. The lowest BCUT2D eigenvalue weighted by Crippen LogP contribution is -2.42. The highest BCUT2D eigenvalue weighted by Crippen LogP contribution is 2.23. The van der Waals surface area contributed by atoms with Crippen LogP contribution in [0.15, 0.2) is 24.3 Å². The first-order valence-corrected chi connectivity index (χ1v) is 6.43. The van der Waals surface area contributed by atoms with Gasteiger partial charge in [0.2, 0.25) is 5.91 Å². The third-order valence-corrected chi connectivity index (χ3v) is 3.21. The number of rotatable bonds is 5. The minimum absolute atomic E-state index is 0.0624. The van der Waals surface area contributed by atoms with Gasteiger partial charge >= 0.3 is 0 Å². The Hall–Kier alpha value is -1.35. The van der Waals surface area contributed by atoms with Crippen LogP contribution in [0.5, 0.6) is 0 Å². The van der Waals surface area contributed by atoms with Gasteiger partial charge in [-0.05, 0) is 38.3 Å². The first-order chi connectivity index (χ1) is 8.37. The SMILES string of the molecule is CCc1ccc(C(C)(C)C(=O)NCC(C)O)cc1. The Bertz CT molecular complexity index is 393. The highest BCUT2D eigenvalue weighted by Gasteiger charge is 2.29. The summed E-state index contributed by atoms with van der Waals surface area (Å²) in [5.41, 5.74) is 1.67. The molecule has 0 heterocycles. The number of carbonyl (C=O) groups is 1. The molecule has 1 amide bonds. The quantitative estimate of drug-likeness (QED) is 0.839. The van der Waals surface area contributed by atoms with E-state index in [4.69, 9.17) is 0 Å². The van der Waals surface area contributed by atoms with Gasteiger partial charge in [0.1, 0.15) is 0 Å². The lowest BCUT2D eigenvalue weighted by atomic mass is 9.83. The predicted octanol–water partition coefficient (Wildman–Crippen LogP) is 2.02. The molecule has 3 heteroatoms. The van der Waals surface area contributed by atoms with Crippen molar-refractivity contribution in [2.75, 3.05) is 6.54 Å². The number of carbonyl (C=O) groups excluding carboxylic acids is 1. The highest BCUT2D eigenvalue weighted by molar-refractivity contribution is 5.87. The Morgan fingerprint density at radius 1 is 1.33 bits per heavy atom. The van der Waals surface area contributed by atoms with E-state index in [1.165, 1.54) is 5.56 Å². The van der Waals surface area contributed by atoms with Gasteiger partial charge in [0, 0.05) is 6.54 Å². The molecule has 18 heavy (non-hydrogen) atoms. The van der Waals surface area contributed by atoms with Crippen molar-refractivity contribution in [3.05, 3.63) is 35.4 Å². The summed E-state index contributed by atoms with van der Waals surface area (Å²) >= 11 is 0. The molecule has 0 saturated carbocycles. The van der Waals surface area contributed by atoms with Crippen molar-refractivity contribution in [1.82, 2.24) is 5.32 Å². The second-order valence-corrected chi connectivity index (χ2v) is 5.23. The summed E-state index contributed by atoms with van der Waals surface area (Å²) < 4.78 is 0. The fourth-order valence-corrected chi connectivity index (χ4v) is 1.75. The number of aryl methyl sites for hydroxylation is 1. The fourth-order valence-electron chi connectivity index (χ4n) is 1.75. The minimum Gasteiger partial charge on any atom is -0.392 e. The smallest absolute Gasteiger partial charge is 0.230 e. The lowest BCUT2D eigenvalue weighted by Gasteiger charge is -2.24. The molecule has 0 bridgehead atoms. The monoisotopic (exact) mass is 249 g/mol. The fraction of sp³-hybridized carbons (Fsp3) is 0.533. The molecular weight excluding hydrogens is 226 g/mol. The van der Waals surface area contributed by atoms with Crippen LogP contribution >= 0.6 is 0 Å². The topological polar surface area (TPSA) is 49.3 Å². The number of benzene rings is 1. The van der Waals surface area contributed by atoms with Gasteiger partial charge in [0.05, 0.1) is 11.5 Å². The van der Waals surface area contributed by atoms with Gasteiger partial charge in [0.25, 0.3) is 0 Å². The van der Waals surface area contributed by atoms with Crippen LogP contribution in [-0.2, 0) is 16.6 Å². The molecule has 0 fully saturated rings. The van der Waals surface area contributed by atoms with Crippen LogP contribution in [0.25, 0.3) is 0 Å². The van der Waals surface area contributed by atoms with Crippen LogP contribution < -0.4 is 5.32 Å². The normalized spacial score (nSPS) is 13.2.